The van der Waals surface area contributed by atoms with Gasteiger partial charge in [-0.05, 0) is 0 Å². The first-order valence-electron chi connectivity index (χ1n) is 13.4. The fourth-order valence-electron chi connectivity index (χ4n) is 7.33. The predicted molar refractivity (Wildman–Crippen MR) is 149 cm³/mol. The second-order valence-corrected chi connectivity index (χ2v) is 12.0. The second kappa shape index (κ2) is 9.64. The van der Waals surface area contributed by atoms with E-state index in [1.165, 1.54) is 6.07 Å². The number of ketones is 1. The number of aromatic hydroxyl groups is 1. The van der Waals surface area contributed by atoms with Crippen molar-refractivity contribution in [1.29, 1.82) is 0 Å². The molecule has 4 aliphatic rings. The number of phenolic OH excluding ortho intramolecular Hbond substituents is 1. The molecule has 0 bridgehead atoms. The Morgan fingerprint density at radius 1 is 1.22 bits per heavy atom. The number of primary amides is 1. The third kappa shape index (κ3) is 4.28. The van der Waals surface area contributed by atoms with Gasteiger partial charge >= 0.3 is 216 Å². The second-order valence-electron chi connectivity index (χ2n) is 12.0. The molecule has 6 N–H and O–H groups in total. The Kier molecular flexibility index (Phi) is 6.87. The van der Waals surface area contributed by atoms with E-state index in [0.29, 0.717) is 16.8 Å². The molecule has 3 aliphatic carbocycles. The van der Waals surface area contributed by atoms with Crippen LogP contribution in [-0.2, 0) is 22.6 Å². The first-order chi connectivity index (χ1) is 19.0. The number of alkyl halides is 2. The van der Waals surface area contributed by atoms with E-state index in [9.17, 15) is 38.8 Å². The van der Waals surface area contributed by atoms with E-state index < -0.39 is 70.2 Å². The zero-order chi connectivity index (χ0) is 30.3. The van der Waals surface area contributed by atoms with Crippen molar-refractivity contribution in [2.45, 2.75) is 43.4 Å². The van der Waals surface area contributed by atoms with Gasteiger partial charge in [-0.1, -0.05) is 0 Å². The van der Waals surface area contributed by atoms with Crippen LogP contribution in [0, 0.1) is 11.8 Å². The number of likely N-dealkylation sites (tertiary alicyclic amines) is 1. The number of aliphatic hydroxyl groups is 3. The van der Waals surface area contributed by atoms with Crippen LogP contribution in [0.4, 0.5) is 14.5 Å². The van der Waals surface area contributed by atoms with Crippen LogP contribution in [0.3, 0.4) is 0 Å². The maximum absolute atomic E-state index is 14.1. The Hall–Kier alpha value is -3.29. The molecule has 1 heterocycles. The molecule has 4 atom stereocenters. The van der Waals surface area contributed by atoms with Gasteiger partial charge in [0.25, 0.3) is 5.92 Å². The number of hydrogen-bond donors (Lipinski definition) is 5. The van der Waals surface area contributed by atoms with Gasteiger partial charge in [0, 0.05) is 6.42 Å². The van der Waals surface area contributed by atoms with Crippen LogP contribution < -0.4 is 10.6 Å². The van der Waals surface area contributed by atoms with Gasteiger partial charge in [0.05, 0.1) is 0 Å². The van der Waals surface area contributed by atoms with E-state index in [2.05, 4.69) is 0 Å². The number of hydrogen-bond acceptors (Lipinski definition) is 9. The summed E-state index contributed by atoms with van der Waals surface area (Å²) < 4.78 is 27.8. The molecule has 0 unspecified atom stereocenters. The fourth-order valence-corrected chi connectivity index (χ4v) is 7.33. The van der Waals surface area contributed by atoms with E-state index in [-0.39, 0.29) is 49.2 Å². The average Bonchev–Trinajstić information content (AvgIpc) is 3.18. The van der Waals surface area contributed by atoms with Gasteiger partial charge in [0.2, 0.25) is 0 Å². The fraction of sp³-hybridized carbons (Fsp3) is 0.536. The standard InChI is InChI=1S/C28H34BF2N4O6/c1-33(2)20-13(10-35-6-5-27(30,31)11-35)9-16(36)18-14(20)7-12-8-15-21(34(3)4)23(38)19(26(32)40)24(29)28(15,41)25(39)17(12)22(18)37/h9,12,15,21,36-38,41H,5-8,10-11H2,1-4H3,(H2,32,40)/t12-,15-,21-,28+/m0/s1. The van der Waals surface area contributed by atoms with E-state index in [1.807, 2.05) is 0 Å². The summed E-state index contributed by atoms with van der Waals surface area (Å²) in [7, 11) is 12.9. The zero-order valence-corrected chi connectivity index (χ0v) is 23.4. The normalized spacial score (nSPS) is 29.5. The van der Waals surface area contributed by atoms with E-state index >= 15 is 0 Å². The van der Waals surface area contributed by atoms with Gasteiger partial charge in [-0.25, -0.2) is 8.78 Å². The van der Waals surface area contributed by atoms with Crippen molar-refractivity contribution in [3.63, 3.8) is 0 Å². The van der Waals surface area contributed by atoms with Crippen molar-refractivity contribution < 1.29 is 38.8 Å². The van der Waals surface area contributed by atoms with Crippen LogP contribution in [-0.4, -0.2) is 114 Å². The number of anilines is 1. The molecule has 5 rings (SSSR count). The number of halogens is 2. The van der Waals surface area contributed by atoms with Crippen LogP contribution in [0.1, 0.15) is 29.5 Å². The third-order valence-corrected chi connectivity index (χ3v) is 8.97. The number of Topliss-reactive ketones (excluding diaryl/α,β-unsaturated/α-hetero) is 1. The molecule has 41 heavy (non-hydrogen) atoms. The number of carbonyl (C=O) groups excluding carboxylic acids is 2. The molecule has 1 aromatic rings. The van der Waals surface area contributed by atoms with Gasteiger partial charge in [-0.2, -0.15) is 0 Å². The summed E-state index contributed by atoms with van der Waals surface area (Å²) in [6.07, 6.45) is -0.00318. The number of carbonyl (C=O) groups is 2. The van der Waals surface area contributed by atoms with Crippen molar-refractivity contribution in [3.8, 4) is 5.75 Å². The molecule has 2 fully saturated rings. The number of aliphatic hydroxyl groups excluding tert-OH is 2. The molecule has 1 saturated carbocycles. The molecule has 1 aromatic carbocycles. The Bertz CT molecular complexity index is 1440. The molecule has 1 saturated heterocycles. The summed E-state index contributed by atoms with van der Waals surface area (Å²) in [5.41, 5.74) is 3.51. The van der Waals surface area contributed by atoms with E-state index in [1.54, 1.807) is 42.9 Å². The third-order valence-electron chi connectivity index (χ3n) is 8.97. The Balaban J connectivity index is 1.66. The van der Waals surface area contributed by atoms with Crippen LogP contribution >= 0.6 is 0 Å². The number of nitrogens with zero attached hydrogens (tertiary/aromatic N) is 3. The Morgan fingerprint density at radius 2 is 1.88 bits per heavy atom. The van der Waals surface area contributed by atoms with Gasteiger partial charge in [-0.15, -0.1) is 0 Å². The summed E-state index contributed by atoms with van der Waals surface area (Å²) in [5.74, 6) is -7.80. The number of fused-ring (bicyclic) bond motifs is 3. The number of benzene rings is 1. The number of nitrogens with two attached hydrogens (primary N) is 1. The van der Waals surface area contributed by atoms with Crippen molar-refractivity contribution in [1.82, 2.24) is 9.80 Å². The van der Waals surface area contributed by atoms with Crippen LogP contribution in [0.2, 0.25) is 0 Å². The van der Waals surface area contributed by atoms with Gasteiger partial charge < -0.3 is 0 Å². The Morgan fingerprint density at radius 3 is 2.41 bits per heavy atom. The topological polar surface area (TPSA) is 151 Å². The van der Waals surface area contributed by atoms with Gasteiger partial charge in [-0.3, -0.25) is 0 Å². The molecule has 10 nitrogen and oxygen atoms in total. The minimum absolute atomic E-state index is 0.0120. The summed E-state index contributed by atoms with van der Waals surface area (Å²) in [6, 6.07) is 0.413. The first-order valence-corrected chi connectivity index (χ1v) is 13.4. The Labute approximate surface area is 237 Å². The summed E-state index contributed by atoms with van der Waals surface area (Å²) in [4.78, 5) is 31.2. The molecule has 13 heteroatoms. The van der Waals surface area contributed by atoms with Crippen molar-refractivity contribution in [2.75, 3.05) is 46.2 Å². The van der Waals surface area contributed by atoms with Crippen molar-refractivity contribution in [3.05, 3.63) is 39.7 Å². The summed E-state index contributed by atoms with van der Waals surface area (Å²) in [5, 5.41) is 45.5. The van der Waals surface area contributed by atoms with Gasteiger partial charge in [0.1, 0.15) is 0 Å². The molecular formula is C28H34BF2N4O6. The summed E-state index contributed by atoms with van der Waals surface area (Å²) in [6.45, 7) is -0.0624. The van der Waals surface area contributed by atoms with Crippen molar-refractivity contribution in [2.24, 2.45) is 17.6 Å². The molecule has 1 aliphatic heterocycles. The SMILES string of the molecule is [B]=C1C(C(N)=O)=C(O)[C@@H](N(C)C)[C@@H]2C[C@@H]3Cc4c(c(O)cc(CN5CCC(F)(F)C5)c4N(C)C)C(O)=C3C(=O)[C@]12O. The molecule has 0 aromatic heterocycles. The van der Waals surface area contributed by atoms with Crippen LogP contribution in [0.5, 0.6) is 5.75 Å². The quantitative estimate of drug-likeness (QED) is 0.321. The number of likely N-dealkylation sites (N-methyl/N-ethyl adjacent to an activating group) is 1. The molecule has 1 radical (unpaired) electrons. The summed E-state index contributed by atoms with van der Waals surface area (Å²) >= 11 is 0. The predicted octanol–water partition coefficient (Wildman–Crippen LogP) is 0.643. The molecule has 1 amide bonds. The van der Waals surface area contributed by atoms with Crippen LogP contribution in [0.15, 0.2) is 23.0 Å². The maximum atomic E-state index is 14.1. The van der Waals surface area contributed by atoms with E-state index in [0.717, 1.165) is 0 Å². The zero-order valence-electron chi connectivity index (χ0n) is 23.4. The minimum atomic E-state index is -2.79. The van der Waals surface area contributed by atoms with Gasteiger partial charge in [0.15, 0.2) is 0 Å². The first kappa shape index (κ1) is 29.2. The average molecular weight is 571 g/mol. The number of rotatable bonds is 5. The van der Waals surface area contributed by atoms with Crippen molar-refractivity contribution >= 4 is 36.1 Å². The number of amides is 1. The monoisotopic (exact) mass is 571 g/mol. The number of phenols is 1. The molecular weight excluding hydrogens is 537 g/mol. The molecule has 219 valence electrons. The molecule has 0 spiro atoms. The van der Waals surface area contributed by atoms with Crippen LogP contribution in [0.25, 0.3) is 5.76 Å². The van der Waals surface area contributed by atoms with E-state index in [4.69, 9.17) is 13.2 Å².